The third-order valence-corrected chi connectivity index (χ3v) is 5.94. The molecule has 3 N–H and O–H groups in total. The summed E-state index contributed by atoms with van der Waals surface area (Å²) in [7, 11) is 0. The van der Waals surface area contributed by atoms with Gasteiger partial charge in [0.2, 0.25) is 17.8 Å². The molecular weight excluding hydrogens is 438 g/mol. The van der Waals surface area contributed by atoms with Crippen molar-refractivity contribution in [3.05, 3.63) is 41.1 Å². The van der Waals surface area contributed by atoms with Crippen molar-refractivity contribution in [2.24, 2.45) is 0 Å². The largest absolute Gasteiger partial charge is 0.486 e. The van der Waals surface area contributed by atoms with E-state index in [9.17, 15) is 9.59 Å². The third-order valence-electron chi connectivity index (χ3n) is 5.94. The molecule has 1 unspecified atom stereocenters. The Bertz CT molecular complexity index is 1340. The summed E-state index contributed by atoms with van der Waals surface area (Å²) in [5.41, 5.74) is 2.56. The standard InChI is InChI=1S/C23H23N7O4/c1-12(13-2-5-17-18(9-13)34-7-6-33-17)25-22-28-20-15(8-14-10-19(31)27-21(14)32)11-24-30(20)23(29-22)26-16-3-4-16/h2,5,8-9,11-12,16H,3-4,6-7,10H2,1H3,(H,27,31,32)(H2,25,26,28,29)/b14-8+. The lowest BCUT2D eigenvalue weighted by Crippen LogP contribution is -2.19. The van der Waals surface area contributed by atoms with Gasteiger partial charge in [-0.15, -0.1) is 0 Å². The molecule has 11 nitrogen and oxygen atoms in total. The van der Waals surface area contributed by atoms with Crippen LogP contribution in [-0.2, 0) is 9.59 Å². The zero-order valence-electron chi connectivity index (χ0n) is 18.5. The van der Waals surface area contributed by atoms with Gasteiger partial charge in [-0.1, -0.05) is 6.07 Å². The predicted octanol–water partition coefficient (Wildman–Crippen LogP) is 2.07. The van der Waals surface area contributed by atoms with E-state index in [1.807, 2.05) is 25.1 Å². The van der Waals surface area contributed by atoms with Crippen LogP contribution in [0.3, 0.4) is 0 Å². The van der Waals surface area contributed by atoms with Crippen molar-refractivity contribution in [1.29, 1.82) is 0 Å². The number of fused-ring (bicyclic) bond motifs is 2. The molecule has 3 aromatic rings. The van der Waals surface area contributed by atoms with Gasteiger partial charge in [0.1, 0.15) is 13.2 Å². The highest BCUT2D eigenvalue weighted by Crippen LogP contribution is 2.33. The smallest absolute Gasteiger partial charge is 0.254 e. The summed E-state index contributed by atoms with van der Waals surface area (Å²) in [5.74, 6) is 1.75. The number of anilines is 2. The molecule has 174 valence electrons. The highest BCUT2D eigenvalue weighted by atomic mass is 16.6. The number of rotatable bonds is 6. The van der Waals surface area contributed by atoms with Crippen LogP contribution in [-0.4, -0.2) is 50.7 Å². The number of nitrogens with one attached hydrogen (secondary N) is 3. The van der Waals surface area contributed by atoms with Gasteiger partial charge in [-0.3, -0.25) is 14.9 Å². The first-order chi connectivity index (χ1) is 16.5. The minimum Gasteiger partial charge on any atom is -0.486 e. The van der Waals surface area contributed by atoms with Crippen molar-refractivity contribution >= 4 is 35.4 Å². The second-order valence-electron chi connectivity index (χ2n) is 8.62. The van der Waals surface area contributed by atoms with Crippen molar-refractivity contribution in [2.45, 2.75) is 38.3 Å². The zero-order chi connectivity index (χ0) is 23.2. The Hall–Kier alpha value is -4.15. The number of carbonyl (C=O) groups is 2. The monoisotopic (exact) mass is 461 g/mol. The fourth-order valence-corrected chi connectivity index (χ4v) is 3.98. The van der Waals surface area contributed by atoms with E-state index in [4.69, 9.17) is 9.47 Å². The minimum absolute atomic E-state index is 0.0424. The summed E-state index contributed by atoms with van der Waals surface area (Å²) >= 11 is 0. The Labute approximate surface area is 194 Å². The first-order valence-corrected chi connectivity index (χ1v) is 11.3. The Morgan fingerprint density at radius 2 is 2.00 bits per heavy atom. The van der Waals surface area contributed by atoms with Gasteiger partial charge in [0.15, 0.2) is 17.1 Å². The number of hydrogen-bond acceptors (Lipinski definition) is 9. The number of carbonyl (C=O) groups excluding carboxylic acids is 2. The van der Waals surface area contributed by atoms with Crippen molar-refractivity contribution in [2.75, 3.05) is 23.8 Å². The van der Waals surface area contributed by atoms with E-state index >= 15 is 0 Å². The maximum Gasteiger partial charge on any atom is 0.254 e. The zero-order valence-corrected chi connectivity index (χ0v) is 18.5. The number of amides is 2. The lowest BCUT2D eigenvalue weighted by Gasteiger charge is -2.21. The average Bonchev–Trinajstić information content (AvgIpc) is 3.47. The summed E-state index contributed by atoms with van der Waals surface area (Å²) in [5, 5.41) is 13.5. The van der Waals surface area contributed by atoms with Gasteiger partial charge in [0.25, 0.3) is 5.91 Å². The first kappa shape index (κ1) is 20.5. The summed E-state index contributed by atoms with van der Waals surface area (Å²) in [6.07, 6.45) is 5.47. The van der Waals surface area contributed by atoms with Gasteiger partial charge >= 0.3 is 0 Å². The normalized spacial score (nSPS) is 19.4. The van der Waals surface area contributed by atoms with E-state index in [0.29, 0.717) is 47.9 Å². The van der Waals surface area contributed by atoms with E-state index in [0.717, 1.165) is 29.9 Å². The van der Waals surface area contributed by atoms with Crippen LogP contribution in [0, 0.1) is 0 Å². The maximum atomic E-state index is 12.0. The molecule has 0 spiro atoms. The molecule has 2 aliphatic heterocycles. The lowest BCUT2D eigenvalue weighted by atomic mass is 10.1. The Morgan fingerprint density at radius 1 is 1.18 bits per heavy atom. The molecule has 2 fully saturated rings. The number of hydrogen-bond donors (Lipinski definition) is 3. The van der Waals surface area contributed by atoms with Gasteiger partial charge < -0.3 is 20.1 Å². The van der Waals surface area contributed by atoms with E-state index in [2.05, 4.69) is 31.0 Å². The van der Waals surface area contributed by atoms with Crippen LogP contribution in [0.2, 0.25) is 0 Å². The van der Waals surface area contributed by atoms with Gasteiger partial charge in [-0.2, -0.15) is 19.6 Å². The van der Waals surface area contributed by atoms with Gasteiger partial charge in [0.05, 0.1) is 18.7 Å². The Balaban J connectivity index is 1.34. The molecule has 4 heterocycles. The third kappa shape index (κ3) is 3.89. The maximum absolute atomic E-state index is 12.0. The molecule has 2 aromatic heterocycles. The van der Waals surface area contributed by atoms with Crippen LogP contribution in [0.4, 0.5) is 11.9 Å². The quantitative estimate of drug-likeness (QED) is 0.373. The van der Waals surface area contributed by atoms with E-state index in [-0.39, 0.29) is 24.3 Å². The molecule has 1 atom stereocenters. The van der Waals surface area contributed by atoms with Gasteiger partial charge in [0, 0.05) is 17.2 Å². The number of aromatic nitrogens is 4. The average molecular weight is 461 g/mol. The second kappa shape index (κ2) is 8.01. The molecule has 1 saturated heterocycles. The second-order valence-corrected chi connectivity index (χ2v) is 8.62. The minimum atomic E-state index is -0.389. The fourth-order valence-electron chi connectivity index (χ4n) is 3.98. The van der Waals surface area contributed by atoms with Gasteiger partial charge in [-0.25, -0.2) is 0 Å². The number of nitrogens with zero attached hydrogens (tertiary/aromatic N) is 4. The highest BCUT2D eigenvalue weighted by Gasteiger charge is 2.26. The van der Waals surface area contributed by atoms with Crippen LogP contribution in [0.15, 0.2) is 30.0 Å². The SMILES string of the molecule is CC(Nc1nc(NC2CC2)n2ncc(/C=C3\CC(=O)NC3=O)c2n1)c1ccc2c(c1)OCCO2. The summed E-state index contributed by atoms with van der Waals surface area (Å²) in [6, 6.07) is 6.08. The van der Waals surface area contributed by atoms with E-state index in [1.165, 1.54) is 0 Å². The molecule has 1 aliphatic carbocycles. The van der Waals surface area contributed by atoms with E-state index < -0.39 is 0 Å². The molecule has 0 bridgehead atoms. The molecule has 2 amide bonds. The summed E-state index contributed by atoms with van der Waals surface area (Å²) in [4.78, 5) is 33.0. The molecule has 6 rings (SSSR count). The lowest BCUT2D eigenvalue weighted by molar-refractivity contribution is -0.124. The molecule has 0 radical (unpaired) electrons. The van der Waals surface area contributed by atoms with Crippen LogP contribution in [0.25, 0.3) is 11.7 Å². The first-order valence-electron chi connectivity index (χ1n) is 11.3. The van der Waals surface area contributed by atoms with Crippen LogP contribution >= 0.6 is 0 Å². The predicted molar refractivity (Wildman–Crippen MR) is 123 cm³/mol. The molecule has 11 heteroatoms. The number of imide groups is 1. The molecule has 1 aromatic carbocycles. The van der Waals surface area contributed by atoms with Crippen molar-refractivity contribution < 1.29 is 19.1 Å². The summed E-state index contributed by atoms with van der Waals surface area (Å²) in [6.45, 7) is 3.09. The fraction of sp³-hybridized carbons (Fsp3) is 0.348. The molecule has 34 heavy (non-hydrogen) atoms. The van der Waals surface area contributed by atoms with Crippen molar-refractivity contribution in [3.63, 3.8) is 0 Å². The van der Waals surface area contributed by atoms with Crippen molar-refractivity contribution in [1.82, 2.24) is 24.9 Å². The Morgan fingerprint density at radius 3 is 2.76 bits per heavy atom. The Kier molecular flexibility index (Phi) is 4.82. The van der Waals surface area contributed by atoms with Crippen LogP contribution in [0.1, 0.15) is 43.4 Å². The topological polar surface area (TPSA) is 132 Å². The highest BCUT2D eigenvalue weighted by molar-refractivity contribution is 6.15. The summed E-state index contributed by atoms with van der Waals surface area (Å²) < 4.78 is 12.9. The van der Waals surface area contributed by atoms with Crippen LogP contribution in [0.5, 0.6) is 11.5 Å². The van der Waals surface area contributed by atoms with E-state index in [1.54, 1.807) is 16.8 Å². The van der Waals surface area contributed by atoms with Crippen LogP contribution < -0.4 is 25.4 Å². The van der Waals surface area contributed by atoms with Gasteiger partial charge in [-0.05, 0) is 43.5 Å². The molecule has 3 aliphatic rings. The number of ether oxygens (including phenoxy) is 2. The van der Waals surface area contributed by atoms with Crippen molar-refractivity contribution in [3.8, 4) is 11.5 Å². The molecular formula is C23H23N7O4. The number of benzene rings is 1. The molecule has 1 saturated carbocycles.